The van der Waals surface area contributed by atoms with Crippen molar-refractivity contribution in [2.45, 2.75) is 27.7 Å². The molecule has 4 N–H and O–H groups in total. The van der Waals surface area contributed by atoms with Crippen LogP contribution in [0.15, 0.2) is 89.1 Å². The van der Waals surface area contributed by atoms with Crippen molar-refractivity contribution in [3.05, 3.63) is 104 Å². The molecule has 0 aliphatic carbocycles. The summed E-state index contributed by atoms with van der Waals surface area (Å²) < 4.78 is 9.86. The van der Waals surface area contributed by atoms with Gasteiger partial charge < -0.3 is 29.3 Å². The van der Waals surface area contributed by atoms with E-state index in [1.54, 1.807) is 52.0 Å². The van der Waals surface area contributed by atoms with Crippen LogP contribution in [0.3, 0.4) is 0 Å². The van der Waals surface area contributed by atoms with Crippen LogP contribution >= 0.6 is 0 Å². The molecular formula is C28H26N2NiO8. The Kier molecular flexibility index (Phi) is 10.4. The van der Waals surface area contributed by atoms with Gasteiger partial charge in [0.25, 0.3) is 0 Å². The Labute approximate surface area is 233 Å². The van der Waals surface area contributed by atoms with Crippen molar-refractivity contribution in [3.8, 4) is 23.0 Å². The maximum atomic E-state index is 11.7. The molecule has 0 spiro atoms. The molecule has 0 fully saturated rings. The summed E-state index contributed by atoms with van der Waals surface area (Å²) in [7, 11) is 0. The van der Waals surface area contributed by atoms with Crippen LogP contribution in [0.4, 0.5) is 11.4 Å². The van der Waals surface area contributed by atoms with Gasteiger partial charge in [0.05, 0.1) is 22.8 Å². The zero-order chi connectivity index (χ0) is 28.0. The average Bonchev–Trinajstić information content (AvgIpc) is 2.81. The van der Waals surface area contributed by atoms with Gasteiger partial charge in [-0.1, -0.05) is 0 Å². The third-order valence-electron chi connectivity index (χ3n) is 5.12. The first-order chi connectivity index (χ1) is 17.9. The Morgan fingerprint density at radius 1 is 0.615 bits per heavy atom. The minimum atomic E-state index is -0.627. The fourth-order valence-corrected chi connectivity index (χ4v) is 3.41. The quantitative estimate of drug-likeness (QED) is 0.194. The van der Waals surface area contributed by atoms with E-state index >= 15 is 0 Å². The van der Waals surface area contributed by atoms with Crippen molar-refractivity contribution in [3.63, 3.8) is 0 Å². The van der Waals surface area contributed by atoms with E-state index in [0.717, 1.165) is 0 Å². The molecule has 10 nitrogen and oxygen atoms in total. The Hall–Kier alpha value is -4.63. The fraction of sp³-hybridized carbons (Fsp3) is 0.143. The van der Waals surface area contributed by atoms with Crippen LogP contribution in [0.2, 0.25) is 0 Å². The molecular weight excluding hydrogens is 551 g/mol. The Morgan fingerprint density at radius 3 is 1.21 bits per heavy atom. The molecule has 2 aromatic heterocycles. The number of aryl methyl sites for hydroxylation is 2. The second-order valence-corrected chi connectivity index (χ2v) is 8.24. The van der Waals surface area contributed by atoms with E-state index in [9.17, 15) is 30.0 Å². The summed E-state index contributed by atoms with van der Waals surface area (Å²) in [5.74, 6) is 0.624. The average molecular weight is 577 g/mol. The van der Waals surface area contributed by atoms with E-state index in [-0.39, 0.29) is 50.6 Å². The van der Waals surface area contributed by atoms with Gasteiger partial charge in [-0.3, -0.25) is 9.98 Å². The predicted octanol–water partition coefficient (Wildman–Crippen LogP) is 5.00. The molecule has 0 aliphatic rings. The van der Waals surface area contributed by atoms with Crippen molar-refractivity contribution in [2.75, 3.05) is 0 Å². The van der Waals surface area contributed by atoms with E-state index in [2.05, 4.69) is 9.98 Å². The van der Waals surface area contributed by atoms with Gasteiger partial charge in [-0.2, -0.15) is 0 Å². The van der Waals surface area contributed by atoms with Crippen LogP contribution in [0.1, 0.15) is 36.5 Å². The molecule has 4 rings (SSSR count). The number of hydrogen-bond acceptors (Lipinski definition) is 10. The van der Waals surface area contributed by atoms with Crippen LogP contribution in [-0.4, -0.2) is 31.8 Å². The fourth-order valence-electron chi connectivity index (χ4n) is 3.41. The molecule has 2 heterocycles. The first kappa shape index (κ1) is 30.6. The smallest absolute Gasteiger partial charge is 0.348 e. The number of aromatic hydroxyl groups is 4. The summed E-state index contributed by atoms with van der Waals surface area (Å²) in [5, 5.41) is 37.9. The molecule has 0 saturated carbocycles. The van der Waals surface area contributed by atoms with Gasteiger partial charge in [0.1, 0.15) is 45.6 Å². The molecule has 4 aromatic rings. The molecule has 0 radical (unpaired) electrons. The third kappa shape index (κ3) is 8.18. The number of phenolic OH excluding ortho intramolecular Hbond substituents is 2. The number of nitrogens with zero attached hydrogens (tertiary/aromatic N) is 2. The van der Waals surface area contributed by atoms with Gasteiger partial charge in [-0.15, -0.1) is 0 Å². The van der Waals surface area contributed by atoms with Crippen molar-refractivity contribution in [2.24, 2.45) is 9.98 Å². The van der Waals surface area contributed by atoms with Crippen LogP contribution < -0.4 is 11.3 Å². The summed E-state index contributed by atoms with van der Waals surface area (Å²) in [6.07, 6.45) is 0. The van der Waals surface area contributed by atoms with E-state index in [4.69, 9.17) is 8.83 Å². The number of rotatable bonds is 4. The molecule has 0 atom stereocenters. The van der Waals surface area contributed by atoms with Crippen molar-refractivity contribution in [1.29, 1.82) is 0 Å². The van der Waals surface area contributed by atoms with Crippen molar-refractivity contribution >= 4 is 22.8 Å². The maximum absolute atomic E-state index is 11.7. The Morgan fingerprint density at radius 2 is 0.923 bits per heavy atom. The van der Waals surface area contributed by atoms with Crippen LogP contribution in [-0.2, 0) is 16.5 Å². The standard InChI is InChI=1S/2C14H13NO4.Ni/c2*1-8-7-12(17)13(14(18)19-8)9(2)15-10-3-5-11(16)6-4-10;/h2*3-7,16-17H,1-2H3;. The summed E-state index contributed by atoms with van der Waals surface area (Å²) in [6, 6.07) is 15.1. The second kappa shape index (κ2) is 13.3. The van der Waals surface area contributed by atoms with Gasteiger partial charge >= 0.3 is 11.3 Å². The zero-order valence-corrected chi connectivity index (χ0v) is 22.4. The van der Waals surface area contributed by atoms with Gasteiger partial charge in [0.2, 0.25) is 0 Å². The minimum absolute atomic E-state index is 0. The number of benzene rings is 2. The first-order valence-electron chi connectivity index (χ1n) is 11.3. The van der Waals surface area contributed by atoms with Crippen LogP contribution in [0.25, 0.3) is 0 Å². The number of aliphatic imine (C=N–C) groups is 2. The molecule has 0 amide bonds. The molecule has 0 aliphatic heterocycles. The Bertz CT molecular complexity index is 1500. The topological polar surface area (TPSA) is 166 Å². The SMILES string of the molecule is CC(=Nc1ccc(O)cc1)c1c(O)cc(C)oc1=O.CC(=Nc1ccc(O)cc1)c1c(O)cc(C)oc1=O.[Ni]. The predicted molar refractivity (Wildman–Crippen MR) is 143 cm³/mol. The van der Waals surface area contributed by atoms with Crippen molar-refractivity contribution in [1.82, 2.24) is 0 Å². The van der Waals surface area contributed by atoms with Crippen LogP contribution in [0, 0.1) is 13.8 Å². The molecule has 39 heavy (non-hydrogen) atoms. The molecule has 0 unspecified atom stereocenters. The summed E-state index contributed by atoms with van der Waals surface area (Å²) in [6.45, 7) is 6.37. The second-order valence-electron chi connectivity index (χ2n) is 8.24. The van der Waals surface area contributed by atoms with Crippen molar-refractivity contribution < 1.29 is 45.8 Å². The summed E-state index contributed by atoms with van der Waals surface area (Å²) in [4.78, 5) is 31.8. The molecule has 0 bridgehead atoms. The third-order valence-corrected chi connectivity index (χ3v) is 5.12. The number of hydrogen-bond donors (Lipinski definition) is 4. The van der Waals surface area contributed by atoms with Gasteiger partial charge in [0.15, 0.2) is 0 Å². The van der Waals surface area contributed by atoms with E-state index in [0.29, 0.717) is 34.3 Å². The first-order valence-corrected chi connectivity index (χ1v) is 11.3. The van der Waals surface area contributed by atoms with E-state index in [1.165, 1.54) is 36.4 Å². The summed E-state index contributed by atoms with van der Waals surface area (Å²) in [5.41, 5.74) is 0.644. The maximum Gasteiger partial charge on any atom is 0.348 e. The largest absolute Gasteiger partial charge is 0.508 e. The number of phenols is 2. The van der Waals surface area contributed by atoms with E-state index in [1.807, 2.05) is 0 Å². The Balaban J connectivity index is 0.000000267. The monoisotopic (exact) mass is 576 g/mol. The molecule has 206 valence electrons. The van der Waals surface area contributed by atoms with Gasteiger partial charge in [-0.25, -0.2) is 9.59 Å². The minimum Gasteiger partial charge on any atom is -0.508 e. The van der Waals surface area contributed by atoms with Crippen LogP contribution in [0.5, 0.6) is 23.0 Å². The molecule has 0 saturated heterocycles. The van der Waals surface area contributed by atoms with E-state index < -0.39 is 11.3 Å². The van der Waals surface area contributed by atoms with Gasteiger partial charge in [0, 0.05) is 28.6 Å². The normalized spacial score (nSPS) is 11.3. The molecule has 2 aromatic carbocycles. The zero-order valence-electron chi connectivity index (χ0n) is 21.4. The van der Waals surface area contributed by atoms with Gasteiger partial charge in [-0.05, 0) is 76.2 Å². The summed E-state index contributed by atoms with van der Waals surface area (Å²) >= 11 is 0. The molecule has 11 heteroatoms.